The van der Waals surface area contributed by atoms with Crippen LogP contribution in [0.4, 0.5) is 0 Å². The average molecular weight is 225 g/mol. The van der Waals surface area contributed by atoms with Gasteiger partial charge in [0.25, 0.3) is 0 Å². The Morgan fingerprint density at radius 1 is 1.38 bits per heavy atom. The first-order chi connectivity index (χ1) is 7.74. The second kappa shape index (κ2) is 6.79. The number of nitrogens with zero attached hydrogens (tertiary/aromatic N) is 1. The fourth-order valence-electron chi connectivity index (χ4n) is 1.06. The standard InChI is InChI=1S/C11H15NO4/c1-2-5-15-6-7-16-9-3-4-10(11(13)14)12-8-9/h3-4,8H,2,5-7H2,1H3,(H,13,14). The maximum absolute atomic E-state index is 10.5. The van der Waals surface area contributed by atoms with Gasteiger partial charge in [-0.3, -0.25) is 0 Å². The Kier molecular flexibility index (Phi) is 5.28. The Morgan fingerprint density at radius 3 is 2.75 bits per heavy atom. The van der Waals surface area contributed by atoms with Crippen LogP contribution in [0.25, 0.3) is 0 Å². The first kappa shape index (κ1) is 12.4. The number of aromatic carboxylic acids is 1. The van der Waals surface area contributed by atoms with Crippen molar-refractivity contribution in [1.29, 1.82) is 0 Å². The lowest BCUT2D eigenvalue weighted by molar-refractivity contribution is 0.0690. The second-order valence-corrected chi connectivity index (χ2v) is 3.15. The number of carboxylic acids is 1. The molecule has 0 atom stereocenters. The minimum Gasteiger partial charge on any atom is -0.490 e. The fraction of sp³-hybridized carbons (Fsp3) is 0.455. The van der Waals surface area contributed by atoms with Crippen LogP contribution in [0.5, 0.6) is 5.75 Å². The molecule has 0 radical (unpaired) electrons. The molecular formula is C11H15NO4. The summed E-state index contributed by atoms with van der Waals surface area (Å²) in [6.07, 6.45) is 2.37. The molecule has 5 heteroatoms. The van der Waals surface area contributed by atoms with Gasteiger partial charge >= 0.3 is 5.97 Å². The van der Waals surface area contributed by atoms with Crippen molar-refractivity contribution in [2.75, 3.05) is 19.8 Å². The second-order valence-electron chi connectivity index (χ2n) is 3.15. The fourth-order valence-corrected chi connectivity index (χ4v) is 1.06. The van der Waals surface area contributed by atoms with E-state index in [4.69, 9.17) is 14.6 Å². The summed E-state index contributed by atoms with van der Waals surface area (Å²) in [5.41, 5.74) is 0.00887. The van der Waals surface area contributed by atoms with Gasteiger partial charge in [-0.15, -0.1) is 0 Å². The van der Waals surface area contributed by atoms with Crippen molar-refractivity contribution in [2.45, 2.75) is 13.3 Å². The number of carboxylic acid groups (broad SMARTS) is 1. The van der Waals surface area contributed by atoms with Crippen molar-refractivity contribution in [3.63, 3.8) is 0 Å². The summed E-state index contributed by atoms with van der Waals surface area (Å²) in [5, 5.41) is 8.63. The van der Waals surface area contributed by atoms with Gasteiger partial charge in [-0.25, -0.2) is 9.78 Å². The molecule has 0 saturated heterocycles. The first-order valence-electron chi connectivity index (χ1n) is 5.14. The molecule has 0 saturated carbocycles. The maximum Gasteiger partial charge on any atom is 0.354 e. The van der Waals surface area contributed by atoms with Crippen LogP contribution in [0, 0.1) is 0 Å². The predicted molar refractivity (Wildman–Crippen MR) is 57.8 cm³/mol. The van der Waals surface area contributed by atoms with Gasteiger partial charge in [0.1, 0.15) is 18.1 Å². The molecule has 0 unspecified atom stereocenters. The molecule has 1 heterocycles. The van der Waals surface area contributed by atoms with Crippen LogP contribution in [0.2, 0.25) is 0 Å². The normalized spacial score (nSPS) is 10.1. The van der Waals surface area contributed by atoms with E-state index in [-0.39, 0.29) is 5.69 Å². The molecule has 5 nitrogen and oxygen atoms in total. The molecule has 0 bridgehead atoms. The molecule has 0 aromatic carbocycles. The summed E-state index contributed by atoms with van der Waals surface area (Å²) in [4.78, 5) is 14.2. The molecule has 1 N–H and O–H groups in total. The summed E-state index contributed by atoms with van der Waals surface area (Å²) in [5.74, 6) is -0.497. The highest BCUT2D eigenvalue weighted by molar-refractivity contribution is 5.85. The lowest BCUT2D eigenvalue weighted by Gasteiger charge is -2.06. The number of hydrogen-bond acceptors (Lipinski definition) is 4. The van der Waals surface area contributed by atoms with Crippen LogP contribution in [-0.4, -0.2) is 35.9 Å². The molecule has 0 aliphatic carbocycles. The summed E-state index contributed by atoms with van der Waals surface area (Å²) >= 11 is 0. The minimum atomic E-state index is -1.04. The Labute approximate surface area is 94.0 Å². The third-order valence-corrected chi connectivity index (χ3v) is 1.80. The van der Waals surface area contributed by atoms with Crippen LogP contribution in [0.3, 0.4) is 0 Å². The van der Waals surface area contributed by atoms with Gasteiger partial charge in [-0.2, -0.15) is 0 Å². The molecular weight excluding hydrogens is 210 g/mol. The van der Waals surface area contributed by atoms with E-state index in [1.54, 1.807) is 6.07 Å². The van der Waals surface area contributed by atoms with E-state index in [2.05, 4.69) is 4.98 Å². The van der Waals surface area contributed by atoms with Crippen molar-refractivity contribution in [1.82, 2.24) is 4.98 Å². The Morgan fingerprint density at radius 2 is 2.19 bits per heavy atom. The molecule has 88 valence electrons. The quantitative estimate of drug-likeness (QED) is 0.713. The minimum absolute atomic E-state index is 0.00887. The number of pyridine rings is 1. The Hall–Kier alpha value is -1.62. The topological polar surface area (TPSA) is 68.7 Å². The van der Waals surface area contributed by atoms with Gasteiger partial charge in [0.05, 0.1) is 12.8 Å². The number of hydrogen-bond donors (Lipinski definition) is 1. The lowest BCUT2D eigenvalue weighted by Crippen LogP contribution is -2.07. The van der Waals surface area contributed by atoms with Crippen LogP contribution in [-0.2, 0) is 4.74 Å². The maximum atomic E-state index is 10.5. The molecule has 1 aromatic heterocycles. The van der Waals surface area contributed by atoms with E-state index in [9.17, 15) is 4.79 Å². The lowest BCUT2D eigenvalue weighted by atomic mass is 10.3. The highest BCUT2D eigenvalue weighted by Gasteiger charge is 2.03. The average Bonchev–Trinajstić information content (AvgIpc) is 2.29. The molecule has 0 amide bonds. The largest absolute Gasteiger partial charge is 0.490 e. The molecule has 0 spiro atoms. The molecule has 16 heavy (non-hydrogen) atoms. The first-order valence-corrected chi connectivity index (χ1v) is 5.14. The van der Waals surface area contributed by atoms with Crippen molar-refractivity contribution in [2.24, 2.45) is 0 Å². The highest BCUT2D eigenvalue weighted by Crippen LogP contribution is 2.08. The van der Waals surface area contributed by atoms with E-state index < -0.39 is 5.97 Å². The molecule has 1 rings (SSSR count). The van der Waals surface area contributed by atoms with Crippen LogP contribution in [0.15, 0.2) is 18.3 Å². The van der Waals surface area contributed by atoms with Crippen molar-refractivity contribution in [3.05, 3.63) is 24.0 Å². The van der Waals surface area contributed by atoms with Crippen molar-refractivity contribution >= 4 is 5.97 Å². The van der Waals surface area contributed by atoms with Crippen LogP contribution in [0.1, 0.15) is 23.8 Å². The van der Waals surface area contributed by atoms with E-state index in [1.165, 1.54) is 12.3 Å². The Bertz CT molecular complexity index is 323. The van der Waals surface area contributed by atoms with Gasteiger partial charge in [0, 0.05) is 6.61 Å². The number of ether oxygens (including phenoxy) is 2. The zero-order valence-corrected chi connectivity index (χ0v) is 9.18. The zero-order chi connectivity index (χ0) is 11.8. The van der Waals surface area contributed by atoms with Crippen molar-refractivity contribution in [3.8, 4) is 5.75 Å². The smallest absolute Gasteiger partial charge is 0.354 e. The van der Waals surface area contributed by atoms with E-state index >= 15 is 0 Å². The zero-order valence-electron chi connectivity index (χ0n) is 9.18. The monoisotopic (exact) mass is 225 g/mol. The summed E-state index contributed by atoms with van der Waals surface area (Å²) in [6.45, 7) is 3.72. The SMILES string of the molecule is CCCOCCOc1ccc(C(=O)O)nc1. The van der Waals surface area contributed by atoms with Gasteiger partial charge in [0.2, 0.25) is 0 Å². The molecule has 1 aromatic rings. The molecule has 0 aliphatic rings. The summed E-state index contributed by atoms with van der Waals surface area (Å²) in [6, 6.07) is 2.99. The van der Waals surface area contributed by atoms with Gasteiger partial charge in [-0.05, 0) is 18.6 Å². The third-order valence-electron chi connectivity index (χ3n) is 1.80. The van der Waals surface area contributed by atoms with Gasteiger partial charge in [-0.1, -0.05) is 6.92 Å². The van der Waals surface area contributed by atoms with Gasteiger partial charge in [0.15, 0.2) is 0 Å². The summed E-state index contributed by atoms with van der Waals surface area (Å²) < 4.78 is 10.5. The van der Waals surface area contributed by atoms with E-state index in [0.717, 1.165) is 13.0 Å². The van der Waals surface area contributed by atoms with E-state index in [0.29, 0.717) is 19.0 Å². The number of rotatable bonds is 7. The predicted octanol–water partition coefficient (Wildman–Crippen LogP) is 1.59. The van der Waals surface area contributed by atoms with Crippen LogP contribution >= 0.6 is 0 Å². The number of carbonyl (C=O) groups is 1. The molecule has 0 fully saturated rings. The molecule has 0 aliphatic heterocycles. The summed E-state index contributed by atoms with van der Waals surface area (Å²) in [7, 11) is 0. The number of aromatic nitrogens is 1. The Balaban J connectivity index is 2.29. The van der Waals surface area contributed by atoms with E-state index in [1.807, 2.05) is 6.92 Å². The van der Waals surface area contributed by atoms with Crippen LogP contribution < -0.4 is 4.74 Å². The highest BCUT2D eigenvalue weighted by atomic mass is 16.5. The third kappa shape index (κ3) is 4.27. The van der Waals surface area contributed by atoms with Gasteiger partial charge < -0.3 is 14.6 Å². The van der Waals surface area contributed by atoms with Crippen molar-refractivity contribution < 1.29 is 19.4 Å².